The molecule has 1 aromatic heterocycles. The number of rotatable bonds is 7. The number of carbonyl (C=O) groups excluding carboxylic acids is 1. The molecule has 7 nitrogen and oxygen atoms in total. The number of carbonyl (C=O) groups is 1. The second-order valence-corrected chi connectivity index (χ2v) is 11.5. The van der Waals surface area contributed by atoms with E-state index in [1.165, 1.54) is 5.57 Å². The number of pyridine rings is 1. The molecule has 0 bridgehead atoms. The zero-order valence-corrected chi connectivity index (χ0v) is 24.9. The maximum Gasteiger partial charge on any atom is 0.226 e. The minimum Gasteiger partial charge on any atom is -0.495 e. The second-order valence-electron chi connectivity index (χ2n) is 10.7. The molecule has 2 atom stereocenters. The number of likely N-dealkylation sites (N-methyl/N-ethyl adjacent to an activating group) is 1. The summed E-state index contributed by atoms with van der Waals surface area (Å²) in [7, 11) is 3.67. The maximum atomic E-state index is 13.0. The third-order valence-electron chi connectivity index (χ3n) is 7.81. The van der Waals surface area contributed by atoms with Gasteiger partial charge in [-0.3, -0.25) is 9.78 Å². The molecule has 0 radical (unpaired) electrons. The molecule has 2 N–H and O–H groups in total. The fraction of sp³-hybridized carbons (Fsp3) is 0.323. The summed E-state index contributed by atoms with van der Waals surface area (Å²) in [5, 5.41) is 7.63. The van der Waals surface area contributed by atoms with Gasteiger partial charge in [0.1, 0.15) is 5.75 Å². The van der Waals surface area contributed by atoms with Gasteiger partial charge in [-0.05, 0) is 80.5 Å². The largest absolute Gasteiger partial charge is 0.495 e. The van der Waals surface area contributed by atoms with E-state index in [1.54, 1.807) is 13.3 Å². The molecule has 2 aliphatic rings. The summed E-state index contributed by atoms with van der Waals surface area (Å²) in [5.74, 6) is 0.478. The molecule has 2 aliphatic heterocycles. The van der Waals surface area contributed by atoms with Crippen molar-refractivity contribution in [3.05, 3.63) is 88.7 Å². The number of nitrogens with zero attached hydrogens (tertiary/aromatic N) is 3. The van der Waals surface area contributed by atoms with Gasteiger partial charge in [-0.15, -0.1) is 0 Å². The number of ether oxygens (including phenoxy) is 1. The van der Waals surface area contributed by atoms with Crippen molar-refractivity contribution >= 4 is 51.8 Å². The van der Waals surface area contributed by atoms with E-state index in [-0.39, 0.29) is 30.0 Å². The van der Waals surface area contributed by atoms with E-state index in [4.69, 9.17) is 28.6 Å². The lowest BCUT2D eigenvalue weighted by Gasteiger charge is -2.41. The molecule has 208 valence electrons. The Balaban J connectivity index is 1.49. The Morgan fingerprint density at radius 1 is 1.20 bits per heavy atom. The van der Waals surface area contributed by atoms with Crippen molar-refractivity contribution in [2.75, 3.05) is 30.9 Å². The second kappa shape index (κ2) is 11.1. The van der Waals surface area contributed by atoms with Gasteiger partial charge < -0.3 is 25.2 Å². The van der Waals surface area contributed by atoms with Crippen LogP contribution in [0.3, 0.4) is 0 Å². The van der Waals surface area contributed by atoms with Gasteiger partial charge in [0.25, 0.3) is 0 Å². The highest BCUT2D eigenvalue weighted by atomic mass is 35.5. The molecule has 40 heavy (non-hydrogen) atoms. The predicted molar refractivity (Wildman–Crippen MR) is 166 cm³/mol. The topological polar surface area (TPSA) is 69.7 Å². The lowest BCUT2D eigenvalue weighted by molar-refractivity contribution is -0.116. The molecule has 0 spiro atoms. The van der Waals surface area contributed by atoms with Crippen LogP contribution in [-0.2, 0) is 4.79 Å². The molecule has 3 heterocycles. The smallest absolute Gasteiger partial charge is 0.226 e. The van der Waals surface area contributed by atoms with Crippen LogP contribution in [0.4, 0.5) is 11.4 Å². The highest BCUT2D eigenvalue weighted by Crippen LogP contribution is 2.46. The summed E-state index contributed by atoms with van der Waals surface area (Å²) < 4.78 is 5.38. The van der Waals surface area contributed by atoms with Crippen LogP contribution in [-0.4, -0.2) is 47.1 Å². The van der Waals surface area contributed by atoms with Gasteiger partial charge in [0.05, 0.1) is 36.1 Å². The first-order valence-corrected chi connectivity index (χ1v) is 14.1. The fourth-order valence-electron chi connectivity index (χ4n) is 5.58. The summed E-state index contributed by atoms with van der Waals surface area (Å²) in [5.41, 5.74) is 5.71. The Kier molecular flexibility index (Phi) is 7.75. The lowest BCUT2D eigenvalue weighted by atomic mass is 9.86. The summed E-state index contributed by atoms with van der Waals surface area (Å²) >= 11 is 12.9. The van der Waals surface area contributed by atoms with Gasteiger partial charge in [0.2, 0.25) is 5.91 Å². The standard InChI is InChI=1S/C31H34ClN5O2S/c1-19-18-31(2,3)36(4)25-17-22(32)21(16-20(19)25)29-28(24-11-8-9-14-33-24)35-30(40)37(29)15-13-27(38)34-23-10-6-7-12-26(23)39-5/h6-12,14,16-18,28-29H,13,15H2,1-5H3,(H,34,38)(H,35,40)/t28-,29+/m1/s1. The zero-order valence-electron chi connectivity index (χ0n) is 23.4. The average Bonchev–Trinajstić information content (AvgIpc) is 3.26. The van der Waals surface area contributed by atoms with E-state index >= 15 is 0 Å². The van der Waals surface area contributed by atoms with E-state index in [9.17, 15) is 4.79 Å². The van der Waals surface area contributed by atoms with Crippen LogP contribution in [0.5, 0.6) is 5.75 Å². The van der Waals surface area contributed by atoms with Gasteiger partial charge in [0, 0.05) is 42.5 Å². The van der Waals surface area contributed by atoms with Gasteiger partial charge >= 0.3 is 0 Å². The zero-order chi connectivity index (χ0) is 28.6. The van der Waals surface area contributed by atoms with E-state index in [1.807, 2.05) is 48.5 Å². The van der Waals surface area contributed by atoms with Crippen molar-refractivity contribution in [3.63, 3.8) is 0 Å². The number of allylic oxidation sites excluding steroid dienone is 1. The summed E-state index contributed by atoms with van der Waals surface area (Å²) in [6.07, 6.45) is 4.28. The molecule has 1 saturated heterocycles. The molecule has 9 heteroatoms. The quantitative estimate of drug-likeness (QED) is 0.317. The Labute approximate surface area is 246 Å². The number of hydrogen-bond acceptors (Lipinski definition) is 5. The summed E-state index contributed by atoms with van der Waals surface area (Å²) in [4.78, 5) is 22.0. The number of aromatic nitrogens is 1. The Bertz CT molecular complexity index is 1480. The first-order chi connectivity index (χ1) is 19.1. The number of thiocarbonyl (C=S) groups is 1. The van der Waals surface area contributed by atoms with Crippen LogP contribution in [0.1, 0.15) is 56.1 Å². The van der Waals surface area contributed by atoms with E-state index < -0.39 is 0 Å². The SMILES string of the molecule is COc1ccccc1NC(=O)CCN1C(=S)N[C@H](c2ccccn2)[C@@H]1c1cc2c(cc1Cl)N(C)C(C)(C)C=C2C. The third-order valence-corrected chi connectivity index (χ3v) is 8.49. The van der Waals surface area contributed by atoms with E-state index in [2.05, 4.69) is 65.4 Å². The monoisotopic (exact) mass is 575 g/mol. The summed E-state index contributed by atoms with van der Waals surface area (Å²) in [6.45, 7) is 6.92. The van der Waals surface area contributed by atoms with Gasteiger partial charge in [-0.2, -0.15) is 0 Å². The number of halogens is 1. The van der Waals surface area contributed by atoms with Gasteiger partial charge in [-0.1, -0.05) is 35.9 Å². The number of hydrogen-bond donors (Lipinski definition) is 2. The van der Waals surface area contributed by atoms with Crippen molar-refractivity contribution in [2.24, 2.45) is 0 Å². The van der Waals surface area contributed by atoms with Crippen LogP contribution < -0.4 is 20.3 Å². The molecule has 0 aliphatic carbocycles. The molecule has 5 rings (SSSR count). The Hall–Kier alpha value is -3.62. The normalized spacial score (nSPS) is 19.6. The maximum absolute atomic E-state index is 13.0. The minimum absolute atomic E-state index is 0.129. The number of anilines is 2. The van der Waals surface area contributed by atoms with Crippen LogP contribution in [0.15, 0.2) is 66.9 Å². The first-order valence-electron chi connectivity index (χ1n) is 13.3. The number of para-hydroxylation sites is 2. The van der Waals surface area contributed by atoms with Crippen LogP contribution in [0.2, 0.25) is 5.02 Å². The molecular formula is C31H34ClN5O2S. The Morgan fingerprint density at radius 2 is 1.95 bits per heavy atom. The lowest BCUT2D eigenvalue weighted by Crippen LogP contribution is -2.42. The highest BCUT2D eigenvalue weighted by molar-refractivity contribution is 7.80. The predicted octanol–water partition coefficient (Wildman–Crippen LogP) is 6.38. The van der Waals surface area contributed by atoms with Crippen molar-refractivity contribution in [3.8, 4) is 5.75 Å². The van der Waals surface area contributed by atoms with Crippen molar-refractivity contribution in [2.45, 2.75) is 44.8 Å². The van der Waals surface area contributed by atoms with Crippen LogP contribution in [0.25, 0.3) is 5.57 Å². The van der Waals surface area contributed by atoms with Gasteiger partial charge in [0.15, 0.2) is 5.11 Å². The van der Waals surface area contributed by atoms with Gasteiger partial charge in [-0.25, -0.2) is 0 Å². The molecule has 1 amide bonds. The minimum atomic E-state index is -0.257. The molecule has 0 unspecified atom stereocenters. The molecule has 3 aromatic rings. The number of amides is 1. The number of methoxy groups -OCH3 is 1. The average molecular weight is 576 g/mol. The van der Waals surface area contributed by atoms with E-state index in [0.717, 1.165) is 22.5 Å². The van der Waals surface area contributed by atoms with E-state index in [0.29, 0.717) is 28.1 Å². The van der Waals surface area contributed by atoms with Crippen LogP contribution >= 0.6 is 23.8 Å². The highest BCUT2D eigenvalue weighted by Gasteiger charge is 2.41. The van der Waals surface area contributed by atoms with Crippen LogP contribution in [0, 0.1) is 0 Å². The molecule has 0 saturated carbocycles. The fourth-order valence-corrected chi connectivity index (χ4v) is 6.18. The third kappa shape index (κ3) is 5.25. The molecule has 1 fully saturated rings. The Morgan fingerprint density at radius 3 is 2.67 bits per heavy atom. The number of nitrogens with one attached hydrogen (secondary N) is 2. The first kappa shape index (κ1) is 27.9. The number of fused-ring (bicyclic) bond motifs is 1. The van der Waals surface area contributed by atoms with Crippen molar-refractivity contribution in [1.29, 1.82) is 0 Å². The molecular weight excluding hydrogens is 542 g/mol. The van der Waals surface area contributed by atoms with Crippen molar-refractivity contribution in [1.82, 2.24) is 15.2 Å². The summed E-state index contributed by atoms with van der Waals surface area (Å²) in [6, 6.07) is 16.9. The molecule has 2 aromatic carbocycles. The number of benzene rings is 2. The van der Waals surface area contributed by atoms with Crippen molar-refractivity contribution < 1.29 is 9.53 Å².